The molecular weight excluding hydrogens is 260 g/mol. The zero-order chi connectivity index (χ0) is 14.5. The normalized spacial score (nSPS) is 12.4. The molecule has 1 N–H and O–H groups in total. The topological polar surface area (TPSA) is 70.0 Å². The summed E-state index contributed by atoms with van der Waals surface area (Å²) in [5.74, 6) is 2.45. The summed E-state index contributed by atoms with van der Waals surface area (Å²) in [6, 6.07) is 6.23. The Morgan fingerprint density at radius 3 is 2.68 bits per heavy atom. The summed E-state index contributed by atoms with van der Waals surface area (Å²) < 4.78 is 27.1. The number of aryl methyl sites for hydroxylation is 1. The lowest BCUT2D eigenvalue weighted by molar-refractivity contribution is 0.543. The molecule has 0 aliphatic heterocycles. The van der Waals surface area contributed by atoms with Gasteiger partial charge in [-0.1, -0.05) is 13.0 Å². The Morgan fingerprint density at radius 1 is 1.47 bits per heavy atom. The Bertz CT molecular complexity index is 636. The fourth-order valence-electron chi connectivity index (χ4n) is 1.65. The molecule has 0 aliphatic carbocycles. The number of terminal acetylenes is 1. The van der Waals surface area contributed by atoms with E-state index in [1.165, 1.54) is 6.07 Å². The summed E-state index contributed by atoms with van der Waals surface area (Å²) in [5, 5.41) is 8.84. The van der Waals surface area contributed by atoms with E-state index in [4.69, 9.17) is 11.7 Å². The highest BCUT2D eigenvalue weighted by atomic mass is 32.2. The molecule has 5 heteroatoms. The zero-order valence-electron chi connectivity index (χ0n) is 11.0. The lowest BCUT2D eigenvalue weighted by Crippen LogP contribution is -2.34. The van der Waals surface area contributed by atoms with Crippen molar-refractivity contribution >= 4 is 10.0 Å². The molecule has 0 aliphatic rings. The number of nitrogens with zero attached hydrogens (tertiary/aromatic N) is 1. The molecule has 1 rings (SSSR count). The molecule has 1 aromatic rings. The van der Waals surface area contributed by atoms with Gasteiger partial charge in [-0.2, -0.15) is 5.26 Å². The van der Waals surface area contributed by atoms with Crippen LogP contribution in [0.3, 0.4) is 0 Å². The van der Waals surface area contributed by atoms with Crippen molar-refractivity contribution in [2.45, 2.75) is 37.6 Å². The molecule has 0 radical (unpaired) electrons. The van der Waals surface area contributed by atoms with Crippen LogP contribution in [-0.2, 0) is 10.0 Å². The zero-order valence-corrected chi connectivity index (χ0v) is 11.8. The van der Waals surface area contributed by atoms with Crippen LogP contribution in [0.15, 0.2) is 23.1 Å². The van der Waals surface area contributed by atoms with Gasteiger partial charge < -0.3 is 0 Å². The molecule has 19 heavy (non-hydrogen) atoms. The first-order valence-electron chi connectivity index (χ1n) is 5.91. The fraction of sp³-hybridized carbons (Fsp3) is 0.357. The third kappa shape index (κ3) is 3.82. The Balaban J connectivity index is 3.14. The van der Waals surface area contributed by atoms with Crippen LogP contribution in [0.5, 0.6) is 0 Å². The molecule has 0 fully saturated rings. The Labute approximate surface area is 114 Å². The first-order valence-corrected chi connectivity index (χ1v) is 7.39. The summed E-state index contributed by atoms with van der Waals surface area (Å²) >= 11 is 0. The first kappa shape index (κ1) is 15.2. The molecule has 0 amide bonds. The minimum atomic E-state index is -3.65. The maximum atomic E-state index is 12.3. The van der Waals surface area contributed by atoms with E-state index in [0.29, 0.717) is 24.0 Å². The second-order valence-corrected chi connectivity index (χ2v) is 5.91. The van der Waals surface area contributed by atoms with E-state index in [0.717, 1.165) is 0 Å². The molecule has 0 heterocycles. The van der Waals surface area contributed by atoms with Crippen LogP contribution in [0.25, 0.3) is 0 Å². The summed E-state index contributed by atoms with van der Waals surface area (Å²) in [6.07, 6.45) is 6.16. The summed E-state index contributed by atoms with van der Waals surface area (Å²) in [4.78, 5) is 0.127. The van der Waals surface area contributed by atoms with Crippen molar-refractivity contribution in [3.63, 3.8) is 0 Å². The van der Waals surface area contributed by atoms with Gasteiger partial charge in [-0.25, -0.2) is 13.1 Å². The van der Waals surface area contributed by atoms with Crippen molar-refractivity contribution in [1.82, 2.24) is 4.72 Å². The number of nitriles is 1. The van der Waals surface area contributed by atoms with Crippen molar-refractivity contribution in [3.8, 4) is 18.4 Å². The van der Waals surface area contributed by atoms with Crippen molar-refractivity contribution in [2.75, 3.05) is 0 Å². The van der Waals surface area contributed by atoms with Crippen molar-refractivity contribution < 1.29 is 8.42 Å². The van der Waals surface area contributed by atoms with Crippen LogP contribution in [-0.4, -0.2) is 14.5 Å². The minimum absolute atomic E-state index is 0.127. The Morgan fingerprint density at radius 2 is 2.16 bits per heavy atom. The summed E-state index contributed by atoms with van der Waals surface area (Å²) in [6.45, 7) is 3.56. The lowest BCUT2D eigenvalue weighted by atomic mass is 10.2. The van der Waals surface area contributed by atoms with Crippen molar-refractivity contribution in [1.29, 1.82) is 5.26 Å². The number of rotatable bonds is 5. The van der Waals surface area contributed by atoms with Gasteiger partial charge in [0.25, 0.3) is 0 Å². The van der Waals surface area contributed by atoms with Crippen LogP contribution < -0.4 is 4.72 Å². The van der Waals surface area contributed by atoms with E-state index in [1.54, 1.807) is 19.1 Å². The summed E-state index contributed by atoms with van der Waals surface area (Å²) in [5.41, 5.74) is 0.915. The second-order valence-electron chi connectivity index (χ2n) is 4.23. The maximum absolute atomic E-state index is 12.3. The highest BCUT2D eigenvalue weighted by Crippen LogP contribution is 2.17. The number of sulfonamides is 1. The van der Waals surface area contributed by atoms with E-state index in [-0.39, 0.29) is 10.9 Å². The van der Waals surface area contributed by atoms with Gasteiger partial charge in [-0.15, -0.1) is 12.3 Å². The van der Waals surface area contributed by atoms with E-state index in [9.17, 15) is 8.42 Å². The van der Waals surface area contributed by atoms with Gasteiger partial charge in [0.05, 0.1) is 16.5 Å². The highest BCUT2D eigenvalue weighted by molar-refractivity contribution is 7.89. The smallest absolute Gasteiger partial charge is 0.207 e. The number of nitrogens with one attached hydrogen (secondary N) is 1. The Kier molecular flexibility index (Phi) is 5.11. The molecule has 4 nitrogen and oxygen atoms in total. The van der Waals surface area contributed by atoms with E-state index >= 15 is 0 Å². The molecule has 0 spiro atoms. The molecule has 1 atom stereocenters. The second kappa shape index (κ2) is 6.38. The van der Waals surface area contributed by atoms with Gasteiger partial charge in [-0.3, -0.25) is 0 Å². The number of benzene rings is 1. The standard InChI is InChI=1S/C14H16N2O2S/c1-4-6-13(5-2)16-19(17,18)14-9-12(10-15)8-7-11(14)3/h1,7-9,13,16H,5-6H2,2-3H3. The molecular formula is C14H16N2O2S. The largest absolute Gasteiger partial charge is 0.241 e. The van der Waals surface area contributed by atoms with Gasteiger partial charge in [0.1, 0.15) is 0 Å². The minimum Gasteiger partial charge on any atom is -0.207 e. The van der Waals surface area contributed by atoms with E-state index in [2.05, 4.69) is 10.6 Å². The van der Waals surface area contributed by atoms with E-state index < -0.39 is 10.0 Å². The molecule has 0 saturated carbocycles. The van der Waals surface area contributed by atoms with E-state index in [1.807, 2.05) is 13.0 Å². The molecule has 0 aromatic heterocycles. The van der Waals surface area contributed by atoms with Crippen LogP contribution >= 0.6 is 0 Å². The summed E-state index contributed by atoms with van der Waals surface area (Å²) in [7, 11) is -3.65. The average molecular weight is 276 g/mol. The predicted octanol–water partition coefficient (Wildman–Crippen LogP) is 1.95. The average Bonchev–Trinajstić information content (AvgIpc) is 2.38. The van der Waals surface area contributed by atoms with Crippen molar-refractivity contribution in [3.05, 3.63) is 29.3 Å². The maximum Gasteiger partial charge on any atom is 0.241 e. The van der Waals surface area contributed by atoms with Crippen LogP contribution in [0, 0.1) is 30.6 Å². The van der Waals surface area contributed by atoms with Gasteiger partial charge in [0.15, 0.2) is 0 Å². The molecule has 1 unspecified atom stereocenters. The van der Waals surface area contributed by atoms with Crippen LogP contribution in [0.2, 0.25) is 0 Å². The van der Waals surface area contributed by atoms with Crippen LogP contribution in [0.1, 0.15) is 30.9 Å². The molecule has 1 aromatic carbocycles. The highest BCUT2D eigenvalue weighted by Gasteiger charge is 2.20. The third-order valence-electron chi connectivity index (χ3n) is 2.79. The van der Waals surface area contributed by atoms with Gasteiger partial charge in [0.2, 0.25) is 10.0 Å². The van der Waals surface area contributed by atoms with Crippen molar-refractivity contribution in [2.24, 2.45) is 0 Å². The molecule has 100 valence electrons. The van der Waals surface area contributed by atoms with Gasteiger partial charge in [0, 0.05) is 12.5 Å². The third-order valence-corrected chi connectivity index (χ3v) is 4.45. The van der Waals surface area contributed by atoms with Gasteiger partial charge in [-0.05, 0) is 31.0 Å². The predicted molar refractivity (Wildman–Crippen MR) is 73.7 cm³/mol. The Hall–Kier alpha value is -1.82. The first-order chi connectivity index (χ1) is 8.94. The van der Waals surface area contributed by atoms with Gasteiger partial charge >= 0.3 is 0 Å². The van der Waals surface area contributed by atoms with Crippen LogP contribution in [0.4, 0.5) is 0 Å². The monoisotopic (exact) mass is 276 g/mol. The number of hydrogen-bond donors (Lipinski definition) is 1. The lowest BCUT2D eigenvalue weighted by Gasteiger charge is -2.16. The fourth-order valence-corrected chi connectivity index (χ4v) is 3.24. The number of hydrogen-bond acceptors (Lipinski definition) is 3. The quantitative estimate of drug-likeness (QED) is 0.836. The molecule has 0 saturated heterocycles. The SMILES string of the molecule is C#CCC(CC)NS(=O)(=O)c1cc(C#N)ccc1C. The molecule has 0 bridgehead atoms.